The molecule has 7 heavy (non-hydrogen) atoms. The van der Waals surface area contributed by atoms with Crippen molar-refractivity contribution >= 4 is 9.52 Å². The van der Waals surface area contributed by atoms with Crippen LogP contribution < -0.4 is 0 Å². The Balaban J connectivity index is 2.69. The maximum absolute atomic E-state index is 2.27. The van der Waals surface area contributed by atoms with Gasteiger partial charge in [-0.05, 0) is 13.0 Å². The minimum absolute atomic E-state index is 0.324. The molecule has 42 valence electrons. The van der Waals surface area contributed by atoms with Crippen LogP contribution in [0.1, 0.15) is 13.8 Å². The van der Waals surface area contributed by atoms with Crippen molar-refractivity contribution in [3.63, 3.8) is 0 Å². The summed E-state index contributed by atoms with van der Waals surface area (Å²) in [6.45, 7) is 4.36. The van der Waals surface area contributed by atoms with E-state index in [-0.39, 0.29) is 0 Å². The van der Waals surface area contributed by atoms with Crippen LogP contribution in [0, 0.1) is 0 Å². The van der Waals surface area contributed by atoms with Gasteiger partial charge in [0, 0.05) is 9.52 Å². The minimum Gasteiger partial charge on any atom is -0.0920 e. The molecule has 0 fully saturated rings. The maximum atomic E-state index is 2.27. The van der Waals surface area contributed by atoms with Crippen LogP contribution in [0.25, 0.3) is 0 Å². The molecule has 0 spiro atoms. The predicted octanol–water partition coefficient (Wildman–Crippen LogP) is 1.59. The molecule has 0 saturated carbocycles. The van der Waals surface area contributed by atoms with Gasteiger partial charge in [-0.1, -0.05) is 25.1 Å². The smallest absolute Gasteiger partial charge is 0.0237 e. The third-order valence-electron chi connectivity index (χ3n) is 0.960. The van der Waals surface area contributed by atoms with Crippen LogP contribution in [0.15, 0.2) is 12.2 Å². The van der Waals surface area contributed by atoms with E-state index in [4.69, 9.17) is 0 Å². The van der Waals surface area contributed by atoms with E-state index in [0.29, 0.717) is 9.52 Å². The highest BCUT2D eigenvalue weighted by Gasteiger charge is 1.74. The molecule has 0 aromatic heterocycles. The van der Waals surface area contributed by atoms with Crippen LogP contribution >= 0.6 is 0 Å². The average Bonchev–Trinajstić information content (AvgIpc) is 1.69. The van der Waals surface area contributed by atoms with E-state index in [2.05, 4.69) is 26.0 Å². The highest BCUT2D eigenvalue weighted by Crippen LogP contribution is 1.84. The fraction of sp³-hybridized carbons (Fsp3) is 0.667. The molecule has 0 heterocycles. The molecule has 0 bridgehead atoms. The third kappa shape index (κ3) is 5.96. The summed E-state index contributed by atoms with van der Waals surface area (Å²) in [5, 5.41) is 0. The SMILES string of the molecule is C/C=C/C[SiH2]CC. The Kier molecular flexibility index (Phi) is 5.92. The van der Waals surface area contributed by atoms with Gasteiger partial charge in [-0.25, -0.2) is 0 Å². The van der Waals surface area contributed by atoms with Gasteiger partial charge in [0.15, 0.2) is 0 Å². The second kappa shape index (κ2) is 5.96. The zero-order valence-corrected chi connectivity index (χ0v) is 6.69. The van der Waals surface area contributed by atoms with Gasteiger partial charge >= 0.3 is 0 Å². The van der Waals surface area contributed by atoms with Crippen molar-refractivity contribution in [2.45, 2.75) is 25.9 Å². The standard InChI is InChI=1S/C6H14Si/c1-3-5-6-7-4-2/h3,5H,4,6-7H2,1-2H3/b5-3+. The molecule has 0 aromatic rings. The first kappa shape index (κ1) is 6.96. The summed E-state index contributed by atoms with van der Waals surface area (Å²) in [4.78, 5) is 0. The molecule has 0 radical (unpaired) electrons. The zero-order valence-electron chi connectivity index (χ0n) is 5.28. The molecule has 1 heteroatoms. The van der Waals surface area contributed by atoms with E-state index in [0.717, 1.165) is 0 Å². The molecular weight excluding hydrogens is 100 g/mol. The molecule has 0 aliphatic heterocycles. The Morgan fingerprint density at radius 2 is 2.29 bits per heavy atom. The number of hydrogen-bond donors (Lipinski definition) is 0. The van der Waals surface area contributed by atoms with E-state index >= 15 is 0 Å². The minimum atomic E-state index is 0.324. The summed E-state index contributed by atoms with van der Waals surface area (Å²) < 4.78 is 0. The number of allylic oxidation sites excluding steroid dienone is 2. The van der Waals surface area contributed by atoms with E-state index in [1.807, 2.05) is 0 Å². The first-order chi connectivity index (χ1) is 3.41. The Bertz CT molecular complexity index is 48.1. The maximum Gasteiger partial charge on any atom is 0.0237 e. The van der Waals surface area contributed by atoms with Gasteiger partial charge in [-0.3, -0.25) is 0 Å². The van der Waals surface area contributed by atoms with Gasteiger partial charge in [0.05, 0.1) is 0 Å². The molecular formula is C6H14Si. The van der Waals surface area contributed by atoms with Crippen LogP contribution in [0.5, 0.6) is 0 Å². The lowest BCUT2D eigenvalue weighted by molar-refractivity contribution is 1.42. The summed E-state index contributed by atoms with van der Waals surface area (Å²) >= 11 is 0. The monoisotopic (exact) mass is 114 g/mol. The van der Waals surface area contributed by atoms with Crippen LogP contribution in [0.2, 0.25) is 12.1 Å². The number of rotatable bonds is 3. The number of hydrogen-bond acceptors (Lipinski definition) is 0. The fourth-order valence-electron chi connectivity index (χ4n) is 0.489. The van der Waals surface area contributed by atoms with E-state index < -0.39 is 0 Å². The van der Waals surface area contributed by atoms with E-state index in [1.165, 1.54) is 12.1 Å². The predicted molar refractivity (Wildman–Crippen MR) is 38.6 cm³/mol. The largest absolute Gasteiger partial charge is 0.0920 e. The van der Waals surface area contributed by atoms with Crippen LogP contribution in [0.3, 0.4) is 0 Å². The average molecular weight is 114 g/mol. The second-order valence-corrected chi connectivity index (χ2v) is 4.00. The molecule has 0 aliphatic rings. The quantitative estimate of drug-likeness (QED) is 0.297. The zero-order chi connectivity index (χ0) is 5.54. The summed E-state index contributed by atoms with van der Waals surface area (Å²) in [6.07, 6.45) is 4.42. The fourth-order valence-corrected chi connectivity index (χ4v) is 1.47. The topological polar surface area (TPSA) is 0 Å². The van der Waals surface area contributed by atoms with Gasteiger partial charge in [0.2, 0.25) is 0 Å². The van der Waals surface area contributed by atoms with Crippen LogP contribution in [0.4, 0.5) is 0 Å². The summed E-state index contributed by atoms with van der Waals surface area (Å²) in [7, 11) is 0.324. The lowest BCUT2D eigenvalue weighted by Crippen LogP contribution is -1.78. The van der Waals surface area contributed by atoms with Crippen LogP contribution in [-0.2, 0) is 0 Å². The Morgan fingerprint density at radius 3 is 2.71 bits per heavy atom. The normalized spacial score (nSPS) is 12.3. The summed E-state index contributed by atoms with van der Waals surface area (Å²) in [6, 6.07) is 2.84. The van der Waals surface area contributed by atoms with Crippen molar-refractivity contribution < 1.29 is 0 Å². The van der Waals surface area contributed by atoms with Crippen molar-refractivity contribution in [3.05, 3.63) is 12.2 Å². The lowest BCUT2D eigenvalue weighted by atomic mass is 10.6. The van der Waals surface area contributed by atoms with Crippen molar-refractivity contribution in [1.82, 2.24) is 0 Å². The first-order valence-electron chi connectivity index (χ1n) is 3.03. The van der Waals surface area contributed by atoms with Crippen LogP contribution in [-0.4, -0.2) is 9.52 Å². The second-order valence-electron chi connectivity index (χ2n) is 1.71. The Morgan fingerprint density at radius 1 is 1.57 bits per heavy atom. The molecule has 0 aliphatic carbocycles. The van der Waals surface area contributed by atoms with Crippen molar-refractivity contribution in [1.29, 1.82) is 0 Å². The lowest BCUT2D eigenvalue weighted by Gasteiger charge is -1.82. The van der Waals surface area contributed by atoms with Crippen molar-refractivity contribution in [3.8, 4) is 0 Å². The van der Waals surface area contributed by atoms with E-state index in [1.54, 1.807) is 0 Å². The van der Waals surface area contributed by atoms with Crippen molar-refractivity contribution in [2.24, 2.45) is 0 Å². The molecule has 0 unspecified atom stereocenters. The molecule has 0 N–H and O–H groups in total. The van der Waals surface area contributed by atoms with E-state index in [9.17, 15) is 0 Å². The Labute approximate surface area is 48.4 Å². The highest BCUT2D eigenvalue weighted by molar-refractivity contribution is 6.35. The van der Waals surface area contributed by atoms with Gasteiger partial charge in [0.1, 0.15) is 0 Å². The van der Waals surface area contributed by atoms with Crippen molar-refractivity contribution in [2.75, 3.05) is 0 Å². The first-order valence-corrected chi connectivity index (χ1v) is 5.03. The van der Waals surface area contributed by atoms with Gasteiger partial charge in [0.25, 0.3) is 0 Å². The molecule has 0 atom stereocenters. The summed E-state index contributed by atoms with van der Waals surface area (Å²) in [5.74, 6) is 0. The Hall–Kier alpha value is -0.0431. The molecule has 0 saturated heterocycles. The van der Waals surface area contributed by atoms with Gasteiger partial charge in [-0.15, -0.1) is 0 Å². The highest BCUT2D eigenvalue weighted by atomic mass is 28.2. The van der Waals surface area contributed by atoms with Gasteiger partial charge in [-0.2, -0.15) is 0 Å². The molecule has 0 nitrogen and oxygen atoms in total. The summed E-state index contributed by atoms with van der Waals surface area (Å²) in [5.41, 5.74) is 0. The molecule has 0 amide bonds. The van der Waals surface area contributed by atoms with Gasteiger partial charge < -0.3 is 0 Å². The molecule has 0 aromatic carbocycles. The third-order valence-corrected chi connectivity index (χ3v) is 2.41. The molecule has 0 rings (SSSR count).